The van der Waals surface area contributed by atoms with Crippen LogP contribution in [0.15, 0.2) is 59.0 Å². The molecule has 0 aliphatic rings. The van der Waals surface area contributed by atoms with Crippen LogP contribution in [0.5, 0.6) is 0 Å². The van der Waals surface area contributed by atoms with Gasteiger partial charge in [-0.2, -0.15) is 0 Å². The van der Waals surface area contributed by atoms with E-state index in [1.165, 1.54) is 6.07 Å². The van der Waals surface area contributed by atoms with Crippen LogP contribution < -0.4 is 10.6 Å². The quantitative estimate of drug-likeness (QED) is 0.341. The van der Waals surface area contributed by atoms with E-state index in [0.717, 1.165) is 11.4 Å². The SMILES string of the molecule is CCOC(=O)c1ccc(CNC(=O)c2cc(NC(=O)CC)cc3nc(Cc4ccccc4)n(C)c23)o1. The Labute approximate surface area is 208 Å². The second-order valence-corrected chi connectivity index (χ2v) is 8.21. The van der Waals surface area contributed by atoms with E-state index in [9.17, 15) is 14.4 Å². The van der Waals surface area contributed by atoms with Gasteiger partial charge in [0, 0.05) is 25.6 Å². The maximum Gasteiger partial charge on any atom is 0.374 e. The average Bonchev–Trinajstić information content (AvgIpc) is 3.47. The number of esters is 1. The van der Waals surface area contributed by atoms with Crippen LogP contribution in [0, 0.1) is 0 Å². The minimum absolute atomic E-state index is 0.0694. The Kier molecular flexibility index (Phi) is 7.48. The number of furan rings is 1. The summed E-state index contributed by atoms with van der Waals surface area (Å²) in [5.41, 5.74) is 3.21. The molecule has 9 nitrogen and oxygen atoms in total. The van der Waals surface area contributed by atoms with Crippen molar-refractivity contribution >= 4 is 34.5 Å². The minimum Gasteiger partial charge on any atom is -0.460 e. The average molecular weight is 489 g/mol. The van der Waals surface area contributed by atoms with Gasteiger partial charge in [-0.15, -0.1) is 0 Å². The molecule has 0 fully saturated rings. The van der Waals surface area contributed by atoms with E-state index in [4.69, 9.17) is 14.1 Å². The Hall–Kier alpha value is -4.40. The third-order valence-corrected chi connectivity index (χ3v) is 5.68. The van der Waals surface area contributed by atoms with Gasteiger partial charge in [-0.05, 0) is 36.8 Å². The summed E-state index contributed by atoms with van der Waals surface area (Å²) in [7, 11) is 1.87. The van der Waals surface area contributed by atoms with Gasteiger partial charge in [0.1, 0.15) is 11.6 Å². The summed E-state index contributed by atoms with van der Waals surface area (Å²) in [6.07, 6.45) is 0.898. The standard InChI is InChI=1S/C27H28N4O5/c1-4-24(32)29-18-14-20(26(33)28-16-19-11-12-22(36-19)27(34)35-5-2)25-21(15-18)30-23(31(25)3)13-17-9-7-6-8-10-17/h6-12,14-15H,4-5,13,16H2,1-3H3,(H,28,33)(H,29,32). The van der Waals surface area contributed by atoms with E-state index >= 15 is 0 Å². The number of nitrogens with zero attached hydrogens (tertiary/aromatic N) is 2. The number of rotatable bonds is 9. The van der Waals surface area contributed by atoms with E-state index in [2.05, 4.69) is 10.6 Å². The van der Waals surface area contributed by atoms with Gasteiger partial charge in [0.05, 0.1) is 29.7 Å². The molecule has 2 aromatic heterocycles. The summed E-state index contributed by atoms with van der Waals surface area (Å²) in [4.78, 5) is 41.9. The molecule has 0 saturated carbocycles. The smallest absolute Gasteiger partial charge is 0.374 e. The molecule has 2 heterocycles. The topological polar surface area (TPSA) is 115 Å². The number of nitrogens with one attached hydrogen (secondary N) is 2. The maximum atomic E-state index is 13.3. The fourth-order valence-corrected chi connectivity index (χ4v) is 3.88. The lowest BCUT2D eigenvalue weighted by molar-refractivity contribution is -0.115. The first-order valence-corrected chi connectivity index (χ1v) is 11.8. The fraction of sp³-hybridized carbons (Fsp3) is 0.259. The first-order chi connectivity index (χ1) is 17.4. The van der Waals surface area contributed by atoms with E-state index in [1.807, 2.05) is 41.9 Å². The molecule has 4 rings (SSSR count). The van der Waals surface area contributed by atoms with Gasteiger partial charge in [-0.1, -0.05) is 37.3 Å². The minimum atomic E-state index is -0.558. The fourth-order valence-electron chi connectivity index (χ4n) is 3.88. The van der Waals surface area contributed by atoms with Crippen molar-refractivity contribution < 1.29 is 23.5 Å². The number of hydrogen-bond acceptors (Lipinski definition) is 6. The molecule has 0 saturated heterocycles. The molecular formula is C27H28N4O5. The zero-order chi connectivity index (χ0) is 25.7. The molecule has 186 valence electrons. The molecule has 0 radical (unpaired) electrons. The van der Waals surface area contributed by atoms with Crippen molar-refractivity contribution in [1.29, 1.82) is 0 Å². The number of carbonyl (C=O) groups is 3. The third kappa shape index (κ3) is 5.46. The van der Waals surface area contributed by atoms with Crippen molar-refractivity contribution in [3.63, 3.8) is 0 Å². The number of anilines is 1. The van der Waals surface area contributed by atoms with E-state index < -0.39 is 5.97 Å². The third-order valence-electron chi connectivity index (χ3n) is 5.68. The van der Waals surface area contributed by atoms with Gasteiger partial charge in [0.15, 0.2) is 0 Å². The highest BCUT2D eigenvalue weighted by Crippen LogP contribution is 2.26. The Morgan fingerprint density at radius 1 is 1.06 bits per heavy atom. The summed E-state index contributed by atoms with van der Waals surface area (Å²) < 4.78 is 12.3. The van der Waals surface area contributed by atoms with Gasteiger partial charge in [0.2, 0.25) is 11.7 Å². The van der Waals surface area contributed by atoms with Crippen LogP contribution in [0.3, 0.4) is 0 Å². The van der Waals surface area contributed by atoms with Gasteiger partial charge < -0.3 is 24.4 Å². The lowest BCUT2D eigenvalue weighted by Crippen LogP contribution is -2.23. The number of aromatic nitrogens is 2. The summed E-state index contributed by atoms with van der Waals surface area (Å²) in [5.74, 6) is 0.184. The molecule has 0 unspecified atom stereocenters. The van der Waals surface area contributed by atoms with Crippen LogP contribution in [0.1, 0.15) is 58.3 Å². The number of fused-ring (bicyclic) bond motifs is 1. The monoisotopic (exact) mass is 488 g/mol. The van der Waals surface area contributed by atoms with Crippen molar-refractivity contribution in [1.82, 2.24) is 14.9 Å². The Bertz CT molecular complexity index is 1400. The van der Waals surface area contributed by atoms with E-state index in [1.54, 1.807) is 32.0 Å². The molecule has 2 aromatic carbocycles. The number of carbonyl (C=O) groups excluding carboxylic acids is 3. The van der Waals surface area contributed by atoms with Crippen LogP contribution in [0.25, 0.3) is 11.0 Å². The highest BCUT2D eigenvalue weighted by molar-refractivity contribution is 6.07. The van der Waals surface area contributed by atoms with E-state index in [0.29, 0.717) is 40.9 Å². The number of aryl methyl sites for hydroxylation is 1. The first-order valence-electron chi connectivity index (χ1n) is 11.8. The number of imidazole rings is 1. The van der Waals surface area contributed by atoms with Crippen molar-refractivity contribution in [3.8, 4) is 0 Å². The van der Waals surface area contributed by atoms with Gasteiger partial charge in [0.25, 0.3) is 5.91 Å². The second kappa shape index (κ2) is 10.9. The lowest BCUT2D eigenvalue weighted by atomic mass is 10.1. The summed E-state index contributed by atoms with van der Waals surface area (Å²) in [6.45, 7) is 3.78. The molecule has 36 heavy (non-hydrogen) atoms. The summed E-state index contributed by atoms with van der Waals surface area (Å²) >= 11 is 0. The molecule has 0 atom stereocenters. The van der Waals surface area contributed by atoms with Crippen LogP contribution in [-0.4, -0.2) is 33.9 Å². The van der Waals surface area contributed by atoms with Crippen LogP contribution >= 0.6 is 0 Å². The molecular weight excluding hydrogens is 460 g/mol. The van der Waals surface area contributed by atoms with Crippen molar-refractivity contribution in [3.05, 3.63) is 83.1 Å². The lowest BCUT2D eigenvalue weighted by Gasteiger charge is -2.11. The van der Waals surface area contributed by atoms with Gasteiger partial charge in [-0.25, -0.2) is 9.78 Å². The van der Waals surface area contributed by atoms with Crippen molar-refractivity contribution in [2.75, 3.05) is 11.9 Å². The normalized spacial score (nSPS) is 10.9. The molecule has 9 heteroatoms. The highest BCUT2D eigenvalue weighted by atomic mass is 16.5. The van der Waals surface area contributed by atoms with E-state index in [-0.39, 0.29) is 30.7 Å². The molecule has 0 bridgehead atoms. The maximum absolute atomic E-state index is 13.3. The molecule has 2 amide bonds. The summed E-state index contributed by atoms with van der Waals surface area (Å²) in [5, 5.41) is 5.65. The number of hydrogen-bond donors (Lipinski definition) is 2. The molecule has 2 N–H and O–H groups in total. The van der Waals surface area contributed by atoms with Crippen LogP contribution in [0.4, 0.5) is 5.69 Å². The van der Waals surface area contributed by atoms with Gasteiger partial charge >= 0.3 is 5.97 Å². The first kappa shape index (κ1) is 24.7. The van der Waals surface area contributed by atoms with Crippen LogP contribution in [0.2, 0.25) is 0 Å². The Morgan fingerprint density at radius 3 is 2.56 bits per heavy atom. The van der Waals surface area contributed by atoms with Gasteiger partial charge in [-0.3, -0.25) is 9.59 Å². The highest BCUT2D eigenvalue weighted by Gasteiger charge is 2.20. The van der Waals surface area contributed by atoms with Crippen LogP contribution in [-0.2, 0) is 29.5 Å². The number of ether oxygens (including phenoxy) is 1. The zero-order valence-electron chi connectivity index (χ0n) is 20.5. The second-order valence-electron chi connectivity index (χ2n) is 8.21. The van der Waals surface area contributed by atoms with Crippen molar-refractivity contribution in [2.45, 2.75) is 33.2 Å². The molecule has 0 aliphatic carbocycles. The molecule has 0 spiro atoms. The zero-order valence-corrected chi connectivity index (χ0v) is 20.5. The number of benzene rings is 2. The predicted octanol–water partition coefficient (Wildman–Crippen LogP) is 4.21. The van der Waals surface area contributed by atoms with Crippen molar-refractivity contribution in [2.24, 2.45) is 7.05 Å². The molecule has 4 aromatic rings. The Balaban J connectivity index is 1.64. The largest absolute Gasteiger partial charge is 0.460 e. The predicted molar refractivity (Wildman–Crippen MR) is 135 cm³/mol. The Morgan fingerprint density at radius 2 is 1.83 bits per heavy atom. The summed E-state index contributed by atoms with van der Waals surface area (Å²) in [6, 6.07) is 16.5. The molecule has 0 aliphatic heterocycles. The number of amides is 2.